The maximum atomic E-state index is 4.55. The van der Waals surface area contributed by atoms with E-state index in [9.17, 15) is 0 Å². The summed E-state index contributed by atoms with van der Waals surface area (Å²) in [6.45, 7) is 5.53. The number of hydrogen-bond donors (Lipinski definition) is 1. The van der Waals surface area contributed by atoms with Crippen molar-refractivity contribution in [3.63, 3.8) is 0 Å². The number of anilines is 1. The molecule has 0 saturated carbocycles. The van der Waals surface area contributed by atoms with Crippen LogP contribution < -0.4 is 10.2 Å². The third kappa shape index (κ3) is 3.94. The molecule has 5 heteroatoms. The summed E-state index contributed by atoms with van der Waals surface area (Å²) in [6, 6.07) is 13.1. The summed E-state index contributed by atoms with van der Waals surface area (Å²) in [6.07, 6.45) is 3.71. The van der Waals surface area contributed by atoms with E-state index >= 15 is 0 Å². The third-order valence-corrected chi connectivity index (χ3v) is 6.33. The first kappa shape index (κ1) is 17.6. The van der Waals surface area contributed by atoms with Gasteiger partial charge in [0.1, 0.15) is 0 Å². The smallest absolute Gasteiger partial charge is 0.198 e. The van der Waals surface area contributed by atoms with E-state index < -0.39 is 0 Å². The molecule has 4 nitrogen and oxygen atoms in total. The summed E-state index contributed by atoms with van der Waals surface area (Å²) in [5.74, 6) is 1.71. The van der Waals surface area contributed by atoms with Crippen LogP contribution in [-0.4, -0.2) is 44.1 Å². The number of aliphatic imine (C=N–C) groups is 1. The highest BCUT2D eigenvalue weighted by Gasteiger charge is 2.24. The van der Waals surface area contributed by atoms with Gasteiger partial charge in [0.25, 0.3) is 0 Å². The second-order valence-corrected chi connectivity index (χ2v) is 8.31. The number of rotatable bonds is 4. The Bertz CT molecular complexity index is 740. The number of piperidine rings is 1. The van der Waals surface area contributed by atoms with Gasteiger partial charge in [-0.3, -0.25) is 9.89 Å². The highest BCUT2D eigenvalue weighted by Crippen LogP contribution is 2.27. The molecule has 2 aliphatic heterocycles. The van der Waals surface area contributed by atoms with Gasteiger partial charge in [0.2, 0.25) is 0 Å². The van der Waals surface area contributed by atoms with Gasteiger partial charge in [-0.25, -0.2) is 0 Å². The van der Waals surface area contributed by atoms with E-state index in [4.69, 9.17) is 0 Å². The normalized spacial score (nSPS) is 21.0. The van der Waals surface area contributed by atoms with Crippen LogP contribution in [0.15, 0.2) is 46.8 Å². The average Bonchev–Trinajstić information content (AvgIpc) is 3.33. The Morgan fingerprint density at radius 1 is 1.23 bits per heavy atom. The number of benzene rings is 1. The van der Waals surface area contributed by atoms with Gasteiger partial charge >= 0.3 is 0 Å². The molecule has 1 aromatic heterocycles. The Labute approximate surface area is 160 Å². The zero-order valence-electron chi connectivity index (χ0n) is 15.5. The Morgan fingerprint density at radius 2 is 2.15 bits per heavy atom. The number of likely N-dealkylation sites (tertiary alicyclic amines) is 1. The molecule has 0 radical (unpaired) electrons. The molecular formula is C21H28N4S. The van der Waals surface area contributed by atoms with Crippen molar-refractivity contribution in [1.82, 2.24) is 10.2 Å². The number of fused-ring (bicyclic) bond motifs is 1. The van der Waals surface area contributed by atoms with Crippen molar-refractivity contribution in [2.75, 3.05) is 38.1 Å². The van der Waals surface area contributed by atoms with Gasteiger partial charge in [0.15, 0.2) is 5.96 Å². The van der Waals surface area contributed by atoms with Crippen LogP contribution in [0.25, 0.3) is 0 Å². The molecule has 0 bridgehead atoms. The summed E-state index contributed by atoms with van der Waals surface area (Å²) in [5, 5.41) is 5.83. The minimum Gasteiger partial charge on any atom is -0.356 e. The molecule has 0 spiro atoms. The molecule has 2 aliphatic rings. The SMILES string of the molecule is CN=C(NCC1CCCN(Cc2cccs2)C1)N1CCc2ccccc21. The van der Waals surface area contributed by atoms with E-state index in [0.29, 0.717) is 5.92 Å². The molecule has 2 aromatic rings. The van der Waals surface area contributed by atoms with E-state index in [0.717, 1.165) is 32.0 Å². The largest absolute Gasteiger partial charge is 0.356 e. The van der Waals surface area contributed by atoms with Crippen molar-refractivity contribution in [2.24, 2.45) is 10.9 Å². The monoisotopic (exact) mass is 368 g/mol. The van der Waals surface area contributed by atoms with E-state index in [1.54, 1.807) is 0 Å². The van der Waals surface area contributed by atoms with Crippen molar-refractivity contribution < 1.29 is 0 Å². The number of hydrogen-bond acceptors (Lipinski definition) is 3. The summed E-state index contributed by atoms with van der Waals surface area (Å²) in [7, 11) is 1.90. The van der Waals surface area contributed by atoms with Crippen molar-refractivity contribution >= 4 is 23.0 Å². The lowest BCUT2D eigenvalue weighted by Crippen LogP contribution is -2.45. The van der Waals surface area contributed by atoms with Crippen LogP contribution in [0.4, 0.5) is 5.69 Å². The lowest BCUT2D eigenvalue weighted by atomic mass is 9.98. The van der Waals surface area contributed by atoms with Crippen molar-refractivity contribution in [3.8, 4) is 0 Å². The number of nitrogens with zero attached hydrogens (tertiary/aromatic N) is 3. The van der Waals surface area contributed by atoms with Gasteiger partial charge < -0.3 is 10.2 Å². The van der Waals surface area contributed by atoms with Crippen LogP contribution in [0.5, 0.6) is 0 Å². The summed E-state index contributed by atoms with van der Waals surface area (Å²) in [5.41, 5.74) is 2.74. The van der Waals surface area contributed by atoms with Gasteiger partial charge in [-0.1, -0.05) is 24.3 Å². The highest BCUT2D eigenvalue weighted by atomic mass is 32.1. The molecule has 138 valence electrons. The molecule has 0 amide bonds. The Kier molecular flexibility index (Phi) is 5.56. The second kappa shape index (κ2) is 8.23. The Morgan fingerprint density at radius 3 is 3.00 bits per heavy atom. The zero-order chi connectivity index (χ0) is 17.8. The summed E-state index contributed by atoms with van der Waals surface area (Å²) >= 11 is 1.87. The molecule has 1 fully saturated rings. The fourth-order valence-corrected chi connectivity index (χ4v) is 4.92. The third-order valence-electron chi connectivity index (χ3n) is 5.47. The molecule has 0 aliphatic carbocycles. The average molecular weight is 369 g/mol. The van der Waals surface area contributed by atoms with Gasteiger partial charge in [-0.2, -0.15) is 0 Å². The van der Waals surface area contributed by atoms with Crippen molar-refractivity contribution in [2.45, 2.75) is 25.8 Å². The molecular weight excluding hydrogens is 340 g/mol. The van der Waals surface area contributed by atoms with E-state index in [1.165, 1.54) is 42.1 Å². The second-order valence-electron chi connectivity index (χ2n) is 7.28. The van der Waals surface area contributed by atoms with Gasteiger partial charge in [-0.05, 0) is 54.8 Å². The predicted molar refractivity (Wildman–Crippen MR) is 111 cm³/mol. The Hall–Kier alpha value is -1.85. The lowest BCUT2D eigenvalue weighted by molar-refractivity contribution is 0.169. The van der Waals surface area contributed by atoms with Crippen LogP contribution in [0.3, 0.4) is 0 Å². The van der Waals surface area contributed by atoms with Gasteiger partial charge in [-0.15, -0.1) is 11.3 Å². The minimum absolute atomic E-state index is 0.693. The summed E-state index contributed by atoms with van der Waals surface area (Å²) in [4.78, 5) is 11.0. The fraction of sp³-hybridized carbons (Fsp3) is 0.476. The first-order valence-electron chi connectivity index (χ1n) is 9.64. The Balaban J connectivity index is 1.33. The molecule has 1 atom stereocenters. The first-order valence-corrected chi connectivity index (χ1v) is 10.5. The lowest BCUT2D eigenvalue weighted by Gasteiger charge is -2.33. The van der Waals surface area contributed by atoms with Crippen LogP contribution in [0.2, 0.25) is 0 Å². The van der Waals surface area contributed by atoms with E-state index in [2.05, 4.69) is 61.9 Å². The zero-order valence-corrected chi connectivity index (χ0v) is 16.3. The topological polar surface area (TPSA) is 30.9 Å². The molecule has 1 N–H and O–H groups in total. The quantitative estimate of drug-likeness (QED) is 0.661. The van der Waals surface area contributed by atoms with Crippen LogP contribution in [-0.2, 0) is 13.0 Å². The number of guanidine groups is 1. The molecule has 26 heavy (non-hydrogen) atoms. The molecule has 1 aromatic carbocycles. The molecule has 4 rings (SSSR count). The van der Waals surface area contributed by atoms with Crippen LogP contribution in [0, 0.1) is 5.92 Å². The number of nitrogens with one attached hydrogen (secondary N) is 1. The van der Waals surface area contributed by atoms with Crippen molar-refractivity contribution in [1.29, 1.82) is 0 Å². The van der Waals surface area contributed by atoms with Crippen LogP contribution >= 0.6 is 11.3 Å². The maximum absolute atomic E-state index is 4.55. The molecule has 1 saturated heterocycles. The molecule has 3 heterocycles. The van der Waals surface area contributed by atoms with Crippen LogP contribution in [0.1, 0.15) is 23.3 Å². The van der Waals surface area contributed by atoms with Gasteiger partial charge in [0.05, 0.1) is 0 Å². The highest BCUT2D eigenvalue weighted by molar-refractivity contribution is 7.09. The first-order chi connectivity index (χ1) is 12.8. The van der Waals surface area contributed by atoms with E-state index in [1.807, 2.05) is 18.4 Å². The number of para-hydroxylation sites is 1. The fourth-order valence-electron chi connectivity index (χ4n) is 4.17. The molecule has 1 unspecified atom stereocenters. The predicted octanol–water partition coefficient (Wildman–Crippen LogP) is 3.60. The van der Waals surface area contributed by atoms with Crippen molar-refractivity contribution in [3.05, 3.63) is 52.2 Å². The standard InChI is InChI=1S/C21H28N4S/c1-22-21(25-12-10-18-7-2-3-9-20(18)25)23-14-17-6-4-11-24(15-17)16-19-8-5-13-26-19/h2-3,5,7-9,13,17H,4,6,10-12,14-16H2,1H3,(H,22,23). The van der Waals surface area contributed by atoms with E-state index in [-0.39, 0.29) is 0 Å². The summed E-state index contributed by atoms with van der Waals surface area (Å²) < 4.78 is 0. The van der Waals surface area contributed by atoms with Gasteiger partial charge in [0, 0.05) is 43.8 Å². The maximum Gasteiger partial charge on any atom is 0.198 e. The minimum atomic E-state index is 0.693. The number of thiophene rings is 1.